The number of hydrogen-bond acceptors (Lipinski definition) is 10. The van der Waals surface area contributed by atoms with E-state index in [-0.39, 0.29) is 11.2 Å². The van der Waals surface area contributed by atoms with Crippen molar-refractivity contribution in [2.24, 2.45) is 0 Å². The number of halogens is 4. The Bertz CT molecular complexity index is 1280. The van der Waals surface area contributed by atoms with Gasteiger partial charge in [-0.1, -0.05) is 17.4 Å². The van der Waals surface area contributed by atoms with Crippen molar-refractivity contribution in [1.29, 1.82) is 0 Å². The number of alkyl halides is 3. The zero-order valence-electron chi connectivity index (χ0n) is 19.3. The first-order valence-corrected chi connectivity index (χ1v) is 11.7. The molecule has 1 aliphatic carbocycles. The van der Waals surface area contributed by atoms with Crippen molar-refractivity contribution in [3.05, 3.63) is 53.5 Å². The SMILES string of the molecule is CO[C@@H](C(=O)Nc1nnc(N[C@@H]2CC=C(c3ccc(N)nn3)CC2)s1)c1cc(OC(F)(F)F)ccc1F. The normalized spacial score (nSPS) is 16.6. The number of nitrogens with two attached hydrogens (primary N) is 1. The number of nitrogens with zero attached hydrogens (tertiary/aromatic N) is 4. The van der Waals surface area contributed by atoms with Crippen LogP contribution >= 0.6 is 11.3 Å². The second-order valence-electron chi connectivity index (χ2n) is 7.94. The quantitative estimate of drug-likeness (QED) is 0.357. The van der Waals surface area contributed by atoms with Gasteiger partial charge < -0.3 is 20.5 Å². The van der Waals surface area contributed by atoms with Crippen LogP contribution in [0.2, 0.25) is 0 Å². The Morgan fingerprint density at radius 1 is 1.16 bits per heavy atom. The van der Waals surface area contributed by atoms with Crippen LogP contribution in [0.4, 0.5) is 33.6 Å². The molecular formula is C22H21F4N7O3S. The predicted octanol–water partition coefficient (Wildman–Crippen LogP) is 4.32. The van der Waals surface area contributed by atoms with Crippen molar-refractivity contribution < 1.29 is 31.8 Å². The first-order chi connectivity index (χ1) is 17.6. The molecule has 10 nitrogen and oxygen atoms in total. The second-order valence-corrected chi connectivity index (χ2v) is 8.91. The summed E-state index contributed by atoms with van der Waals surface area (Å²) in [5, 5.41) is 22.1. The molecule has 15 heteroatoms. The van der Waals surface area contributed by atoms with Gasteiger partial charge in [0.15, 0.2) is 6.10 Å². The molecule has 0 spiro atoms. The van der Waals surface area contributed by atoms with E-state index < -0.39 is 35.5 Å². The van der Waals surface area contributed by atoms with Crippen molar-refractivity contribution in [3.63, 3.8) is 0 Å². The third kappa shape index (κ3) is 6.89. The molecule has 0 fully saturated rings. The average molecular weight is 540 g/mol. The number of nitrogen functional groups attached to an aromatic ring is 1. The van der Waals surface area contributed by atoms with E-state index in [0.29, 0.717) is 17.4 Å². The molecule has 1 aliphatic rings. The van der Waals surface area contributed by atoms with E-state index in [1.165, 1.54) is 0 Å². The van der Waals surface area contributed by atoms with Crippen LogP contribution in [0.1, 0.15) is 36.6 Å². The van der Waals surface area contributed by atoms with Gasteiger partial charge in [0.2, 0.25) is 10.3 Å². The highest BCUT2D eigenvalue weighted by molar-refractivity contribution is 7.19. The highest BCUT2D eigenvalue weighted by atomic mass is 32.1. The molecule has 4 rings (SSSR count). The molecular weight excluding hydrogens is 518 g/mol. The summed E-state index contributed by atoms with van der Waals surface area (Å²) in [5.41, 5.74) is 6.98. The lowest BCUT2D eigenvalue weighted by Gasteiger charge is -2.22. The number of amides is 1. The molecule has 2 aromatic heterocycles. The van der Waals surface area contributed by atoms with Gasteiger partial charge in [0.1, 0.15) is 17.4 Å². The van der Waals surface area contributed by atoms with Crippen LogP contribution in [-0.4, -0.2) is 45.8 Å². The van der Waals surface area contributed by atoms with Crippen LogP contribution in [0, 0.1) is 5.82 Å². The van der Waals surface area contributed by atoms with Crippen molar-refractivity contribution in [1.82, 2.24) is 20.4 Å². The van der Waals surface area contributed by atoms with Crippen LogP contribution in [0.15, 0.2) is 36.4 Å². The Balaban J connectivity index is 1.37. The molecule has 3 aromatic rings. The van der Waals surface area contributed by atoms with Gasteiger partial charge in [0.05, 0.1) is 5.69 Å². The summed E-state index contributed by atoms with van der Waals surface area (Å²) in [7, 11) is 1.12. The van der Waals surface area contributed by atoms with Gasteiger partial charge in [-0.05, 0) is 55.2 Å². The van der Waals surface area contributed by atoms with Gasteiger partial charge >= 0.3 is 6.36 Å². The first kappa shape index (κ1) is 26.2. The number of hydrogen-bond donors (Lipinski definition) is 3. The molecule has 0 aliphatic heterocycles. The number of benzene rings is 1. The van der Waals surface area contributed by atoms with Crippen molar-refractivity contribution in [2.45, 2.75) is 37.8 Å². The maximum absolute atomic E-state index is 14.3. The Morgan fingerprint density at radius 2 is 1.95 bits per heavy atom. The molecule has 2 heterocycles. The number of carbonyl (C=O) groups excluding carboxylic acids is 1. The number of aromatic nitrogens is 4. The van der Waals surface area contributed by atoms with Crippen molar-refractivity contribution in [3.8, 4) is 5.75 Å². The summed E-state index contributed by atoms with van der Waals surface area (Å²) < 4.78 is 60.7. The molecule has 0 saturated carbocycles. The van der Waals surface area contributed by atoms with Crippen LogP contribution in [0.3, 0.4) is 0 Å². The molecule has 0 bridgehead atoms. The monoisotopic (exact) mass is 539 g/mol. The van der Waals surface area contributed by atoms with E-state index in [2.05, 4.69) is 41.8 Å². The molecule has 1 aromatic carbocycles. The lowest BCUT2D eigenvalue weighted by Crippen LogP contribution is -2.24. The van der Waals surface area contributed by atoms with Crippen molar-refractivity contribution >= 4 is 38.9 Å². The van der Waals surface area contributed by atoms with Gasteiger partial charge in [-0.2, -0.15) is 0 Å². The summed E-state index contributed by atoms with van der Waals surface area (Å²) >= 11 is 1.05. The molecule has 37 heavy (non-hydrogen) atoms. The number of rotatable bonds is 8. The number of ether oxygens (including phenoxy) is 2. The fourth-order valence-electron chi connectivity index (χ4n) is 3.68. The first-order valence-electron chi connectivity index (χ1n) is 10.9. The molecule has 196 valence electrons. The Morgan fingerprint density at radius 3 is 2.59 bits per heavy atom. The van der Waals surface area contributed by atoms with E-state index in [1.807, 2.05) is 6.07 Å². The summed E-state index contributed by atoms with van der Waals surface area (Å²) in [5.74, 6) is -2.12. The second kappa shape index (κ2) is 11.0. The lowest BCUT2D eigenvalue weighted by atomic mass is 9.93. The molecule has 0 saturated heterocycles. The fraction of sp³-hybridized carbons (Fsp3) is 0.318. The van der Waals surface area contributed by atoms with Gasteiger partial charge in [-0.3, -0.25) is 10.1 Å². The molecule has 1 amide bonds. The van der Waals surface area contributed by atoms with Crippen molar-refractivity contribution in [2.75, 3.05) is 23.5 Å². The average Bonchev–Trinajstić information content (AvgIpc) is 3.28. The highest BCUT2D eigenvalue weighted by Gasteiger charge is 2.32. The minimum absolute atomic E-state index is 0.0687. The largest absolute Gasteiger partial charge is 0.573 e. The number of anilines is 3. The fourth-order valence-corrected chi connectivity index (χ4v) is 4.41. The zero-order chi connectivity index (χ0) is 26.6. The Hall–Kier alpha value is -3.85. The van der Waals surface area contributed by atoms with E-state index >= 15 is 0 Å². The highest BCUT2D eigenvalue weighted by Crippen LogP contribution is 2.31. The summed E-state index contributed by atoms with van der Waals surface area (Å²) in [6, 6.07) is 5.89. The molecule has 2 atom stereocenters. The zero-order valence-corrected chi connectivity index (χ0v) is 20.1. The van der Waals surface area contributed by atoms with Crippen LogP contribution < -0.4 is 21.1 Å². The maximum atomic E-state index is 14.3. The van der Waals surface area contributed by atoms with E-state index in [4.69, 9.17) is 10.5 Å². The minimum atomic E-state index is -4.98. The summed E-state index contributed by atoms with van der Waals surface area (Å²) in [4.78, 5) is 12.7. The smallest absolute Gasteiger partial charge is 0.406 e. The third-order valence-electron chi connectivity index (χ3n) is 5.37. The van der Waals surface area contributed by atoms with E-state index in [0.717, 1.165) is 60.8 Å². The number of methoxy groups -OCH3 is 1. The standard InChI is InChI=1S/C22H21F4N7O3S/c1-35-18(14-10-13(6-7-15(14)23)36-22(24,25)26)19(34)29-21-33-32-20(37-21)28-12-4-2-11(3-5-12)16-8-9-17(27)31-30-16/h2,6-10,12,18H,3-5H2,1H3,(H2,27,31)(H,28,32)(H,29,33,34)/t12-,18-/m1/s1. The van der Waals surface area contributed by atoms with Gasteiger partial charge in [0.25, 0.3) is 5.91 Å². The van der Waals surface area contributed by atoms with Gasteiger partial charge in [0, 0.05) is 18.7 Å². The van der Waals surface area contributed by atoms with Gasteiger partial charge in [-0.15, -0.1) is 33.6 Å². The molecule has 0 radical (unpaired) electrons. The van der Waals surface area contributed by atoms with E-state index in [9.17, 15) is 22.4 Å². The lowest BCUT2D eigenvalue weighted by molar-refractivity contribution is -0.274. The number of carbonyl (C=O) groups is 1. The minimum Gasteiger partial charge on any atom is -0.406 e. The Kier molecular flexibility index (Phi) is 7.83. The van der Waals surface area contributed by atoms with Crippen LogP contribution in [0.5, 0.6) is 5.75 Å². The molecule has 4 N–H and O–H groups in total. The predicted molar refractivity (Wildman–Crippen MR) is 127 cm³/mol. The van der Waals surface area contributed by atoms with E-state index in [1.54, 1.807) is 6.07 Å². The number of allylic oxidation sites excluding steroid dienone is 1. The molecule has 0 unspecified atom stereocenters. The summed E-state index contributed by atoms with van der Waals surface area (Å²) in [6.07, 6.45) is -2.23. The Labute approximate surface area is 211 Å². The third-order valence-corrected chi connectivity index (χ3v) is 6.14. The maximum Gasteiger partial charge on any atom is 0.573 e. The van der Waals surface area contributed by atoms with Gasteiger partial charge in [-0.25, -0.2) is 4.39 Å². The van der Waals surface area contributed by atoms with Crippen LogP contribution in [0.25, 0.3) is 5.57 Å². The van der Waals surface area contributed by atoms with Crippen LogP contribution in [-0.2, 0) is 9.53 Å². The number of nitrogens with one attached hydrogen (secondary N) is 2. The summed E-state index contributed by atoms with van der Waals surface area (Å²) in [6.45, 7) is 0. The topological polar surface area (TPSA) is 137 Å².